The van der Waals surface area contributed by atoms with Gasteiger partial charge < -0.3 is 20.5 Å². The molecule has 1 aliphatic rings. The number of hydrazine groups is 1. The number of nitrogens with one attached hydrogen (secondary N) is 2. The summed E-state index contributed by atoms with van der Waals surface area (Å²) in [5.74, 6) is 5.73. The van der Waals surface area contributed by atoms with Gasteiger partial charge in [-0.05, 0) is 45.6 Å². The summed E-state index contributed by atoms with van der Waals surface area (Å²) in [6.07, 6.45) is 5.06. The monoisotopic (exact) mass is 566 g/mol. The van der Waals surface area contributed by atoms with E-state index in [1.807, 2.05) is 66.9 Å². The molecular weight excluding hydrogens is 527 g/mol. The van der Waals surface area contributed by atoms with E-state index in [-0.39, 0.29) is 5.82 Å². The van der Waals surface area contributed by atoms with Crippen LogP contribution in [0, 0.1) is 11.7 Å². The second-order valence-electron chi connectivity index (χ2n) is 10.6. The Hall–Kier alpha value is -3.31. The van der Waals surface area contributed by atoms with Gasteiger partial charge in [-0.1, -0.05) is 48.5 Å². The Morgan fingerprint density at radius 3 is 2.35 bits per heavy atom. The Bertz CT molecular complexity index is 1480. The first kappa shape index (κ1) is 29.7. The Balaban J connectivity index is 0.000000546. The lowest BCUT2D eigenvalue weighted by Gasteiger charge is -2.27. The van der Waals surface area contributed by atoms with Crippen LogP contribution in [0.15, 0.2) is 66.5 Å². The van der Waals surface area contributed by atoms with Crippen molar-refractivity contribution in [3.63, 3.8) is 0 Å². The second-order valence-corrected chi connectivity index (χ2v) is 11.7. The third kappa shape index (κ3) is 6.52. The van der Waals surface area contributed by atoms with Gasteiger partial charge in [-0.2, -0.15) is 0 Å². The fourth-order valence-corrected chi connectivity index (χ4v) is 6.06. The molecule has 8 nitrogen and oxygen atoms in total. The zero-order valence-corrected chi connectivity index (χ0v) is 24.4. The van der Waals surface area contributed by atoms with Crippen molar-refractivity contribution in [2.24, 2.45) is 17.5 Å². The van der Waals surface area contributed by atoms with Crippen LogP contribution in [0.5, 0.6) is 0 Å². The topological polar surface area (TPSA) is 120 Å². The summed E-state index contributed by atoms with van der Waals surface area (Å²) in [5, 5.41) is 0.735. The summed E-state index contributed by atoms with van der Waals surface area (Å²) in [7, 11) is -1.30. The molecule has 0 amide bonds. The molecule has 1 atom stereocenters. The maximum Gasteiger partial charge on any atom is 0.152 e. The summed E-state index contributed by atoms with van der Waals surface area (Å²) in [6, 6.07) is 17.6. The quantitative estimate of drug-likeness (QED) is 0.191. The normalized spacial score (nSPS) is 15.8. The van der Waals surface area contributed by atoms with Gasteiger partial charge in [-0.15, -0.1) is 0 Å². The van der Waals surface area contributed by atoms with Crippen LogP contribution in [0.1, 0.15) is 44.7 Å². The van der Waals surface area contributed by atoms with Gasteiger partial charge in [0.2, 0.25) is 0 Å². The zero-order chi connectivity index (χ0) is 28.9. The van der Waals surface area contributed by atoms with Gasteiger partial charge in [0.05, 0.1) is 38.8 Å². The van der Waals surface area contributed by atoms with E-state index >= 15 is 4.39 Å². The lowest BCUT2D eigenvalue weighted by atomic mass is 9.94. The van der Waals surface area contributed by atoms with E-state index in [0.717, 1.165) is 29.3 Å². The van der Waals surface area contributed by atoms with Crippen LogP contribution in [-0.4, -0.2) is 33.2 Å². The van der Waals surface area contributed by atoms with Crippen molar-refractivity contribution >= 4 is 38.6 Å². The average molecular weight is 567 g/mol. The van der Waals surface area contributed by atoms with Crippen LogP contribution >= 0.6 is 0 Å². The smallest absolute Gasteiger partial charge is 0.152 e. The number of rotatable bonds is 7. The molecule has 1 fully saturated rings. The van der Waals surface area contributed by atoms with Gasteiger partial charge >= 0.3 is 0 Å². The number of hydrogen-bond donors (Lipinski definition) is 4. The molecule has 0 saturated carbocycles. The lowest BCUT2D eigenvalue weighted by molar-refractivity contribution is 0.0619. The number of pyridine rings is 1. The molecule has 40 heavy (non-hydrogen) atoms. The summed E-state index contributed by atoms with van der Waals surface area (Å²) in [4.78, 5) is 4.69. The number of ether oxygens (including phenoxy) is 1. The van der Waals surface area contributed by atoms with Crippen LogP contribution in [0.2, 0.25) is 0 Å². The first-order valence-electron chi connectivity index (χ1n) is 13.4. The van der Waals surface area contributed by atoms with Crippen molar-refractivity contribution in [3.8, 4) is 0 Å². The van der Waals surface area contributed by atoms with Gasteiger partial charge in [-0.3, -0.25) is 10.8 Å². The fourth-order valence-electron chi connectivity index (χ4n) is 5.23. The van der Waals surface area contributed by atoms with E-state index in [1.165, 1.54) is 0 Å². The van der Waals surface area contributed by atoms with Crippen molar-refractivity contribution in [1.29, 1.82) is 0 Å². The molecule has 0 aliphatic carbocycles. The summed E-state index contributed by atoms with van der Waals surface area (Å²) in [6.45, 7) is 7.46. The standard InChI is InChI=1S/C24H33FN6O2S.C6H6/c1-14(26)21(29-27)16-11-19-22(28-12-16)17-5-6-18(24(2,3)30-34(4)32)20(25)23(17)31(19)13-15-7-9-33-10-8-15;1-2-4-6-5-3-1/h5-6,11-12,15,29-30H,7-10,13,26-27H2,1-4H3;1-6H/b21-14-;. The molecule has 4 aromatic rings. The molecule has 1 unspecified atom stereocenters. The van der Waals surface area contributed by atoms with Gasteiger partial charge in [0.25, 0.3) is 0 Å². The average Bonchev–Trinajstić information content (AvgIpc) is 3.23. The predicted molar refractivity (Wildman–Crippen MR) is 162 cm³/mol. The number of allylic oxidation sites excluding steroid dienone is 1. The Labute approximate surface area is 237 Å². The maximum absolute atomic E-state index is 16.2. The van der Waals surface area contributed by atoms with Crippen molar-refractivity contribution in [3.05, 3.63) is 83.4 Å². The first-order valence-corrected chi connectivity index (χ1v) is 14.9. The zero-order valence-electron chi connectivity index (χ0n) is 23.5. The van der Waals surface area contributed by atoms with E-state index in [0.29, 0.717) is 53.7 Å². The SMILES string of the molecule is C/C(N)=C(/NN)c1cnc2c3ccc(C(C)(C)NS(C)=O)c(F)c3n(CC3CCOCC3)c2c1.c1ccccc1. The molecule has 6 N–H and O–H groups in total. The van der Waals surface area contributed by atoms with Crippen LogP contribution < -0.4 is 21.7 Å². The lowest BCUT2D eigenvalue weighted by Crippen LogP contribution is -2.38. The number of aromatic nitrogens is 2. The molecule has 0 bridgehead atoms. The second kappa shape index (κ2) is 12.9. The highest BCUT2D eigenvalue weighted by molar-refractivity contribution is 7.82. The molecule has 1 saturated heterocycles. The first-order chi connectivity index (χ1) is 19.1. The summed E-state index contributed by atoms with van der Waals surface area (Å²) in [5.41, 5.74) is 12.2. The van der Waals surface area contributed by atoms with E-state index in [2.05, 4.69) is 10.1 Å². The predicted octanol–water partition coefficient (Wildman–Crippen LogP) is 4.67. The molecule has 0 spiro atoms. The van der Waals surface area contributed by atoms with Crippen LogP contribution in [0.3, 0.4) is 0 Å². The number of halogens is 1. The minimum atomic E-state index is -1.30. The number of nitrogens with zero attached hydrogens (tertiary/aromatic N) is 2. The fraction of sp³-hybridized carbons (Fsp3) is 0.367. The summed E-state index contributed by atoms with van der Waals surface area (Å²) >= 11 is 0. The van der Waals surface area contributed by atoms with Gasteiger partial charge in [0.15, 0.2) is 5.82 Å². The number of hydrogen-bond acceptors (Lipinski definition) is 6. The molecular formula is C30H39FN6O2S. The van der Waals surface area contributed by atoms with Crippen molar-refractivity contribution in [2.45, 2.75) is 45.7 Å². The van der Waals surface area contributed by atoms with Crippen LogP contribution in [0.25, 0.3) is 27.6 Å². The van der Waals surface area contributed by atoms with Crippen LogP contribution in [-0.2, 0) is 27.8 Å². The van der Waals surface area contributed by atoms with Crippen LogP contribution in [0.4, 0.5) is 4.39 Å². The third-order valence-corrected chi connectivity index (χ3v) is 7.95. The molecule has 5 rings (SSSR count). The van der Waals surface area contributed by atoms with E-state index in [9.17, 15) is 4.21 Å². The van der Waals surface area contributed by atoms with E-state index in [4.69, 9.17) is 21.3 Å². The highest BCUT2D eigenvalue weighted by Crippen LogP contribution is 2.36. The Morgan fingerprint density at radius 2 is 1.80 bits per heavy atom. The minimum absolute atomic E-state index is 0.338. The Morgan fingerprint density at radius 1 is 1.18 bits per heavy atom. The molecule has 0 radical (unpaired) electrons. The third-order valence-electron chi connectivity index (χ3n) is 7.15. The van der Waals surface area contributed by atoms with Gasteiger partial charge in [0, 0.05) is 54.4 Å². The molecule has 1 aliphatic heterocycles. The highest BCUT2D eigenvalue weighted by Gasteiger charge is 2.29. The molecule has 3 heterocycles. The number of fused-ring (bicyclic) bond motifs is 3. The van der Waals surface area contributed by atoms with Gasteiger partial charge in [0.1, 0.15) is 0 Å². The molecule has 2 aromatic heterocycles. The van der Waals surface area contributed by atoms with Crippen molar-refractivity contribution < 1.29 is 13.3 Å². The largest absolute Gasteiger partial charge is 0.401 e. The summed E-state index contributed by atoms with van der Waals surface area (Å²) < 4.78 is 38.7. The molecule has 214 valence electrons. The highest BCUT2D eigenvalue weighted by atomic mass is 32.2. The van der Waals surface area contributed by atoms with Gasteiger partial charge in [-0.25, -0.2) is 13.3 Å². The van der Waals surface area contributed by atoms with Crippen molar-refractivity contribution in [2.75, 3.05) is 19.5 Å². The van der Waals surface area contributed by atoms with E-state index in [1.54, 1.807) is 25.4 Å². The maximum atomic E-state index is 16.2. The molecule has 2 aromatic carbocycles. The van der Waals surface area contributed by atoms with E-state index < -0.39 is 16.5 Å². The number of benzene rings is 2. The minimum Gasteiger partial charge on any atom is -0.401 e. The molecule has 10 heteroatoms. The Kier molecular flexibility index (Phi) is 9.57. The number of nitrogens with two attached hydrogens (primary N) is 2. The van der Waals surface area contributed by atoms with Crippen molar-refractivity contribution in [1.82, 2.24) is 19.7 Å².